The molecular formula is C14H17ClO2. The van der Waals surface area contributed by atoms with Gasteiger partial charge in [0, 0.05) is 11.4 Å². The maximum absolute atomic E-state index is 10.4. The molecule has 17 heavy (non-hydrogen) atoms. The van der Waals surface area contributed by atoms with Crippen LogP contribution in [0.4, 0.5) is 0 Å². The van der Waals surface area contributed by atoms with Crippen molar-refractivity contribution in [2.24, 2.45) is 0 Å². The normalized spacial score (nSPS) is 19.1. The Balaban J connectivity index is 2.10. The van der Waals surface area contributed by atoms with Crippen LogP contribution in [0.15, 0.2) is 36.1 Å². The number of hydrogen-bond acceptors (Lipinski definition) is 2. The molecule has 0 radical (unpaired) electrons. The van der Waals surface area contributed by atoms with Crippen molar-refractivity contribution in [2.45, 2.75) is 31.8 Å². The summed E-state index contributed by atoms with van der Waals surface area (Å²) in [5.41, 5.74) is 0.114. The molecule has 1 aliphatic rings. The summed E-state index contributed by atoms with van der Waals surface area (Å²) in [7, 11) is 0. The Kier molecular flexibility index (Phi) is 3.75. The lowest BCUT2D eigenvalue weighted by atomic mass is 9.93. The number of rotatable bonds is 3. The number of benzene rings is 1. The Morgan fingerprint density at radius 3 is 2.65 bits per heavy atom. The fourth-order valence-corrected chi connectivity index (χ4v) is 2.15. The van der Waals surface area contributed by atoms with Crippen LogP contribution in [0.2, 0.25) is 5.02 Å². The summed E-state index contributed by atoms with van der Waals surface area (Å²) in [4.78, 5) is 0. The van der Waals surface area contributed by atoms with Gasteiger partial charge in [-0.25, -0.2) is 0 Å². The maximum Gasteiger partial charge on any atom is 0.124 e. The van der Waals surface area contributed by atoms with Crippen LogP contribution >= 0.6 is 11.6 Å². The third-order valence-corrected chi connectivity index (χ3v) is 3.18. The zero-order chi connectivity index (χ0) is 12.3. The minimum absolute atomic E-state index is 0.538. The van der Waals surface area contributed by atoms with Crippen LogP contribution in [0, 0.1) is 0 Å². The molecule has 1 aliphatic heterocycles. The molecule has 1 aromatic rings. The van der Waals surface area contributed by atoms with Gasteiger partial charge in [-0.1, -0.05) is 23.7 Å². The Labute approximate surface area is 107 Å². The minimum Gasteiger partial charge on any atom is -0.495 e. The Morgan fingerprint density at radius 1 is 1.35 bits per heavy atom. The average Bonchev–Trinajstić information content (AvgIpc) is 2.33. The van der Waals surface area contributed by atoms with Gasteiger partial charge in [0.25, 0.3) is 0 Å². The molecule has 0 aliphatic carbocycles. The van der Waals surface area contributed by atoms with Crippen LogP contribution in [0.3, 0.4) is 0 Å². The lowest BCUT2D eigenvalue weighted by Gasteiger charge is -2.29. The van der Waals surface area contributed by atoms with Crippen molar-refractivity contribution in [3.63, 3.8) is 0 Å². The van der Waals surface area contributed by atoms with Crippen molar-refractivity contribution in [3.05, 3.63) is 46.7 Å². The van der Waals surface area contributed by atoms with Crippen molar-refractivity contribution in [2.75, 3.05) is 6.61 Å². The largest absolute Gasteiger partial charge is 0.495 e. The molecule has 3 heteroatoms. The van der Waals surface area contributed by atoms with Gasteiger partial charge in [0.05, 0.1) is 6.61 Å². The van der Waals surface area contributed by atoms with Crippen molar-refractivity contribution in [3.8, 4) is 0 Å². The molecule has 2 nitrogen and oxygen atoms in total. The lowest BCUT2D eigenvalue weighted by molar-refractivity contribution is 0.0185. The smallest absolute Gasteiger partial charge is 0.124 e. The fraction of sp³-hybridized carbons (Fsp3) is 0.429. The van der Waals surface area contributed by atoms with Gasteiger partial charge in [-0.15, -0.1) is 0 Å². The summed E-state index contributed by atoms with van der Waals surface area (Å²) >= 11 is 5.83. The molecule has 0 saturated carbocycles. The zero-order valence-electron chi connectivity index (χ0n) is 9.95. The van der Waals surface area contributed by atoms with E-state index in [1.54, 1.807) is 6.92 Å². The van der Waals surface area contributed by atoms with Crippen molar-refractivity contribution in [1.29, 1.82) is 0 Å². The van der Waals surface area contributed by atoms with Gasteiger partial charge in [0.1, 0.15) is 11.4 Å². The molecule has 0 bridgehead atoms. The van der Waals surface area contributed by atoms with Crippen LogP contribution in [0.1, 0.15) is 25.3 Å². The maximum atomic E-state index is 10.4. The van der Waals surface area contributed by atoms with Gasteiger partial charge in [0.15, 0.2) is 0 Å². The van der Waals surface area contributed by atoms with Crippen LogP contribution < -0.4 is 0 Å². The van der Waals surface area contributed by atoms with Gasteiger partial charge in [0.2, 0.25) is 0 Å². The fourth-order valence-electron chi connectivity index (χ4n) is 2.02. The first-order valence-electron chi connectivity index (χ1n) is 5.88. The number of hydrogen-bond donors (Lipinski definition) is 1. The highest BCUT2D eigenvalue weighted by Gasteiger charge is 2.28. The number of ether oxygens (including phenoxy) is 1. The van der Waals surface area contributed by atoms with Crippen LogP contribution in [-0.4, -0.2) is 17.3 Å². The van der Waals surface area contributed by atoms with Crippen LogP contribution in [0.5, 0.6) is 0 Å². The SMILES string of the molecule is CC(O)(Cc1ccc(Cl)cc1)C1=CCCCO1. The second kappa shape index (κ2) is 5.11. The van der Waals surface area contributed by atoms with Gasteiger partial charge < -0.3 is 9.84 Å². The van der Waals surface area contributed by atoms with Gasteiger partial charge in [-0.05, 0) is 43.5 Å². The van der Waals surface area contributed by atoms with Gasteiger partial charge in [-0.2, -0.15) is 0 Å². The van der Waals surface area contributed by atoms with E-state index in [0.29, 0.717) is 23.8 Å². The van der Waals surface area contributed by atoms with Gasteiger partial charge >= 0.3 is 0 Å². The second-order valence-corrected chi connectivity index (χ2v) is 5.07. The number of allylic oxidation sites excluding steroid dienone is 1. The van der Waals surface area contributed by atoms with E-state index in [9.17, 15) is 5.11 Å². The average molecular weight is 253 g/mol. The van der Waals surface area contributed by atoms with E-state index >= 15 is 0 Å². The number of aliphatic hydroxyl groups is 1. The van der Waals surface area contributed by atoms with E-state index in [1.165, 1.54) is 0 Å². The Morgan fingerprint density at radius 2 is 2.06 bits per heavy atom. The minimum atomic E-state index is -0.936. The van der Waals surface area contributed by atoms with Crippen molar-refractivity contribution >= 4 is 11.6 Å². The molecule has 0 aromatic heterocycles. The highest BCUT2D eigenvalue weighted by molar-refractivity contribution is 6.30. The summed E-state index contributed by atoms with van der Waals surface area (Å²) in [6, 6.07) is 7.53. The molecule has 0 fully saturated rings. The molecule has 1 N–H and O–H groups in total. The highest BCUT2D eigenvalue weighted by Crippen LogP contribution is 2.26. The Bertz CT molecular complexity index is 407. The molecule has 1 aromatic carbocycles. The van der Waals surface area contributed by atoms with Gasteiger partial charge in [-0.3, -0.25) is 0 Å². The molecule has 1 unspecified atom stereocenters. The van der Waals surface area contributed by atoms with Crippen molar-refractivity contribution in [1.82, 2.24) is 0 Å². The zero-order valence-corrected chi connectivity index (χ0v) is 10.7. The molecule has 1 atom stereocenters. The second-order valence-electron chi connectivity index (χ2n) is 4.64. The van der Waals surface area contributed by atoms with E-state index in [4.69, 9.17) is 16.3 Å². The molecule has 2 rings (SSSR count). The van der Waals surface area contributed by atoms with E-state index in [2.05, 4.69) is 0 Å². The lowest BCUT2D eigenvalue weighted by Crippen LogP contribution is -2.32. The van der Waals surface area contributed by atoms with E-state index in [0.717, 1.165) is 18.4 Å². The molecular weight excluding hydrogens is 236 g/mol. The molecule has 92 valence electrons. The topological polar surface area (TPSA) is 29.5 Å². The predicted molar refractivity (Wildman–Crippen MR) is 69.0 cm³/mol. The quantitative estimate of drug-likeness (QED) is 0.894. The first kappa shape index (κ1) is 12.5. The number of halogens is 1. The van der Waals surface area contributed by atoms with Crippen molar-refractivity contribution < 1.29 is 9.84 Å². The summed E-state index contributed by atoms with van der Waals surface area (Å²) < 4.78 is 5.52. The first-order chi connectivity index (χ1) is 8.08. The molecule has 0 spiro atoms. The Hall–Kier alpha value is -0.990. The molecule has 0 amide bonds. The van der Waals surface area contributed by atoms with E-state index in [-0.39, 0.29) is 0 Å². The van der Waals surface area contributed by atoms with E-state index in [1.807, 2.05) is 30.3 Å². The monoisotopic (exact) mass is 252 g/mol. The molecule has 1 heterocycles. The summed E-state index contributed by atoms with van der Waals surface area (Å²) in [5.74, 6) is 0.693. The standard InChI is InChI=1S/C14H17ClO2/c1-14(16,13-4-2-3-9-17-13)10-11-5-7-12(15)8-6-11/h4-8,16H,2-3,9-10H2,1H3. The molecule has 0 saturated heterocycles. The van der Waals surface area contributed by atoms with Crippen LogP contribution in [0.25, 0.3) is 0 Å². The third kappa shape index (κ3) is 3.24. The summed E-state index contributed by atoms with van der Waals surface area (Å²) in [5, 5.41) is 11.1. The third-order valence-electron chi connectivity index (χ3n) is 2.93. The first-order valence-corrected chi connectivity index (χ1v) is 6.26. The summed E-state index contributed by atoms with van der Waals surface area (Å²) in [6.45, 7) is 2.49. The van der Waals surface area contributed by atoms with Crippen LogP contribution in [-0.2, 0) is 11.2 Å². The van der Waals surface area contributed by atoms with E-state index < -0.39 is 5.60 Å². The summed E-state index contributed by atoms with van der Waals surface area (Å²) in [6.07, 6.45) is 4.53. The highest BCUT2D eigenvalue weighted by atomic mass is 35.5. The predicted octanol–water partition coefficient (Wildman–Crippen LogP) is 3.33.